The van der Waals surface area contributed by atoms with Crippen LogP contribution in [0.5, 0.6) is 0 Å². The number of amides is 1. The lowest BCUT2D eigenvalue weighted by atomic mass is 9.96. The summed E-state index contributed by atoms with van der Waals surface area (Å²) in [7, 11) is 0. The van der Waals surface area contributed by atoms with E-state index < -0.39 is 0 Å². The monoisotopic (exact) mass is 363 g/mol. The number of para-hydroxylation sites is 2. The third-order valence-electron chi connectivity index (χ3n) is 5.25. The van der Waals surface area contributed by atoms with E-state index >= 15 is 0 Å². The maximum absolute atomic E-state index is 12.5. The quantitative estimate of drug-likeness (QED) is 0.751. The van der Waals surface area contributed by atoms with E-state index in [2.05, 4.69) is 46.4 Å². The van der Waals surface area contributed by atoms with Crippen LogP contribution in [0.25, 0.3) is 11.1 Å². The van der Waals surface area contributed by atoms with Gasteiger partial charge in [-0.25, -0.2) is 0 Å². The largest absolute Gasteiger partial charge is 0.423 e. The summed E-state index contributed by atoms with van der Waals surface area (Å²) >= 11 is 0. The predicted octanol–water partition coefficient (Wildman–Crippen LogP) is 3.71. The highest BCUT2D eigenvalue weighted by Gasteiger charge is 2.26. The Kier molecular flexibility index (Phi) is 5.10. The van der Waals surface area contributed by atoms with Gasteiger partial charge in [0.05, 0.1) is 0 Å². The molecule has 1 aliphatic rings. The fraction of sp³-hybridized carbons (Fsp3) is 0.364. The molecule has 0 bridgehead atoms. The van der Waals surface area contributed by atoms with Crippen molar-refractivity contribution in [3.63, 3.8) is 0 Å². The Morgan fingerprint density at radius 3 is 2.63 bits per heavy atom. The average molecular weight is 363 g/mol. The van der Waals surface area contributed by atoms with Gasteiger partial charge in [-0.15, -0.1) is 0 Å². The highest BCUT2D eigenvalue weighted by molar-refractivity contribution is 5.79. The van der Waals surface area contributed by atoms with Crippen LogP contribution < -0.4 is 10.2 Å². The minimum Gasteiger partial charge on any atom is -0.423 e. The summed E-state index contributed by atoms with van der Waals surface area (Å²) in [6.07, 6.45) is 2.53. The summed E-state index contributed by atoms with van der Waals surface area (Å²) in [5.74, 6) is 0.239. The van der Waals surface area contributed by atoms with Gasteiger partial charge in [-0.1, -0.05) is 42.0 Å². The molecule has 0 unspecified atom stereocenters. The smallest absolute Gasteiger partial charge is 0.298 e. The van der Waals surface area contributed by atoms with Crippen LogP contribution in [0.15, 0.2) is 52.9 Å². The van der Waals surface area contributed by atoms with Gasteiger partial charge in [0.25, 0.3) is 6.01 Å². The number of hydrogen-bond acceptors (Lipinski definition) is 4. The first-order chi connectivity index (χ1) is 13.2. The van der Waals surface area contributed by atoms with Crippen molar-refractivity contribution in [2.75, 3.05) is 24.5 Å². The Hall–Kier alpha value is -2.82. The minimum absolute atomic E-state index is 0.0728. The van der Waals surface area contributed by atoms with Crippen LogP contribution in [-0.4, -0.2) is 30.5 Å². The Bertz CT molecular complexity index is 876. The van der Waals surface area contributed by atoms with Crippen LogP contribution in [0, 0.1) is 12.8 Å². The fourth-order valence-corrected chi connectivity index (χ4v) is 3.56. The Balaban J connectivity index is 1.25. The number of fused-ring (bicyclic) bond motifs is 1. The molecule has 3 aromatic rings. The molecule has 1 amide bonds. The van der Waals surface area contributed by atoms with Crippen LogP contribution in [0.3, 0.4) is 0 Å². The number of piperidine rings is 1. The van der Waals surface area contributed by atoms with Gasteiger partial charge in [-0.2, -0.15) is 4.98 Å². The first-order valence-corrected chi connectivity index (χ1v) is 9.63. The summed E-state index contributed by atoms with van der Waals surface area (Å²) in [5, 5.41) is 3.10. The van der Waals surface area contributed by atoms with Gasteiger partial charge in [0, 0.05) is 25.6 Å². The number of carbonyl (C=O) groups is 1. The highest BCUT2D eigenvalue weighted by atomic mass is 16.4. The van der Waals surface area contributed by atoms with Crippen molar-refractivity contribution in [2.24, 2.45) is 5.92 Å². The second-order valence-electron chi connectivity index (χ2n) is 7.25. The van der Waals surface area contributed by atoms with Crippen molar-refractivity contribution in [1.29, 1.82) is 0 Å². The molecule has 140 valence electrons. The van der Waals surface area contributed by atoms with Gasteiger partial charge in [0.1, 0.15) is 5.52 Å². The molecule has 0 aliphatic carbocycles. The molecule has 1 fully saturated rings. The summed E-state index contributed by atoms with van der Waals surface area (Å²) in [5.41, 5.74) is 4.20. The molecule has 0 atom stereocenters. The fourth-order valence-electron chi connectivity index (χ4n) is 3.56. The number of benzene rings is 2. The number of aromatic nitrogens is 1. The summed E-state index contributed by atoms with van der Waals surface area (Å²) in [6.45, 7) is 4.36. The van der Waals surface area contributed by atoms with Crippen LogP contribution in [-0.2, 0) is 11.2 Å². The molecule has 2 aromatic carbocycles. The van der Waals surface area contributed by atoms with Gasteiger partial charge >= 0.3 is 0 Å². The van der Waals surface area contributed by atoms with Crippen LogP contribution in [0.2, 0.25) is 0 Å². The minimum atomic E-state index is 0.0728. The number of oxazole rings is 1. The second-order valence-corrected chi connectivity index (χ2v) is 7.25. The topological polar surface area (TPSA) is 58.4 Å². The lowest BCUT2D eigenvalue weighted by molar-refractivity contribution is -0.125. The van der Waals surface area contributed by atoms with Gasteiger partial charge in [-0.05, 0) is 43.9 Å². The lowest BCUT2D eigenvalue weighted by Gasteiger charge is -2.30. The number of aryl methyl sites for hydroxylation is 1. The number of nitrogens with zero attached hydrogens (tertiary/aromatic N) is 2. The van der Waals surface area contributed by atoms with Crippen molar-refractivity contribution >= 4 is 23.0 Å². The molecular weight excluding hydrogens is 338 g/mol. The van der Waals surface area contributed by atoms with E-state index in [4.69, 9.17) is 4.42 Å². The first-order valence-electron chi connectivity index (χ1n) is 9.63. The van der Waals surface area contributed by atoms with E-state index in [1.807, 2.05) is 24.3 Å². The van der Waals surface area contributed by atoms with Crippen molar-refractivity contribution in [3.05, 3.63) is 59.7 Å². The van der Waals surface area contributed by atoms with Gasteiger partial charge < -0.3 is 14.6 Å². The van der Waals surface area contributed by atoms with E-state index in [1.165, 1.54) is 11.1 Å². The molecule has 0 saturated carbocycles. The van der Waals surface area contributed by atoms with Gasteiger partial charge in [0.15, 0.2) is 5.58 Å². The van der Waals surface area contributed by atoms with E-state index in [-0.39, 0.29) is 11.8 Å². The molecule has 1 aliphatic heterocycles. The van der Waals surface area contributed by atoms with E-state index in [0.29, 0.717) is 12.6 Å². The maximum Gasteiger partial charge on any atom is 0.298 e. The molecular formula is C22H25N3O2. The van der Waals surface area contributed by atoms with Crippen LogP contribution in [0.4, 0.5) is 6.01 Å². The first kappa shape index (κ1) is 17.6. The van der Waals surface area contributed by atoms with E-state index in [1.54, 1.807) is 0 Å². The zero-order valence-electron chi connectivity index (χ0n) is 15.6. The molecule has 1 N–H and O–H groups in total. The maximum atomic E-state index is 12.5. The lowest BCUT2D eigenvalue weighted by Crippen LogP contribution is -2.41. The van der Waals surface area contributed by atoms with Crippen molar-refractivity contribution < 1.29 is 9.21 Å². The van der Waals surface area contributed by atoms with Gasteiger partial charge in [0.2, 0.25) is 5.91 Å². The number of hydrogen-bond donors (Lipinski definition) is 1. The normalized spacial score (nSPS) is 15.2. The number of nitrogens with one attached hydrogen (secondary N) is 1. The predicted molar refractivity (Wildman–Crippen MR) is 107 cm³/mol. The van der Waals surface area contributed by atoms with Crippen LogP contribution in [0.1, 0.15) is 24.0 Å². The van der Waals surface area contributed by atoms with Crippen LogP contribution >= 0.6 is 0 Å². The molecule has 0 radical (unpaired) electrons. The summed E-state index contributed by atoms with van der Waals surface area (Å²) in [6, 6.07) is 16.9. The molecule has 0 spiro atoms. The molecule has 5 nitrogen and oxygen atoms in total. The molecule has 1 saturated heterocycles. The van der Waals surface area contributed by atoms with E-state index in [9.17, 15) is 4.79 Å². The Labute approximate surface area is 159 Å². The molecule has 5 heteroatoms. The molecule has 2 heterocycles. The Morgan fingerprint density at radius 2 is 1.89 bits per heavy atom. The SMILES string of the molecule is Cc1ccc(CCNC(=O)C2CCN(c3nc4ccccc4o3)CC2)cc1. The Morgan fingerprint density at radius 1 is 1.15 bits per heavy atom. The number of rotatable bonds is 5. The van der Waals surface area contributed by atoms with Crippen molar-refractivity contribution in [1.82, 2.24) is 10.3 Å². The summed E-state index contributed by atoms with van der Waals surface area (Å²) < 4.78 is 5.84. The van der Waals surface area contributed by atoms with Gasteiger partial charge in [-0.3, -0.25) is 4.79 Å². The van der Waals surface area contributed by atoms with E-state index in [0.717, 1.165) is 43.5 Å². The summed E-state index contributed by atoms with van der Waals surface area (Å²) in [4.78, 5) is 19.1. The third-order valence-corrected chi connectivity index (χ3v) is 5.25. The third kappa shape index (κ3) is 4.13. The average Bonchev–Trinajstić information content (AvgIpc) is 3.14. The second kappa shape index (κ2) is 7.82. The number of anilines is 1. The number of carbonyl (C=O) groups excluding carboxylic acids is 1. The van der Waals surface area contributed by atoms with Crippen molar-refractivity contribution in [3.8, 4) is 0 Å². The zero-order valence-corrected chi connectivity index (χ0v) is 15.6. The highest BCUT2D eigenvalue weighted by Crippen LogP contribution is 2.26. The van der Waals surface area contributed by atoms with Crippen molar-refractivity contribution in [2.45, 2.75) is 26.2 Å². The molecule has 27 heavy (non-hydrogen) atoms. The molecule has 4 rings (SSSR count). The molecule has 1 aromatic heterocycles. The zero-order chi connectivity index (χ0) is 18.6. The standard InChI is InChI=1S/C22H25N3O2/c1-16-6-8-17(9-7-16)10-13-23-21(26)18-11-14-25(15-12-18)22-24-19-4-2-3-5-20(19)27-22/h2-9,18H,10-15H2,1H3,(H,23,26).